The number of hydrogen-bond donors (Lipinski definition) is 0. The molecule has 0 spiro atoms. The first kappa shape index (κ1) is 23.1. The highest BCUT2D eigenvalue weighted by Crippen LogP contribution is 2.49. The van der Waals surface area contributed by atoms with Crippen LogP contribution in [0.1, 0.15) is 40.4 Å². The van der Waals surface area contributed by atoms with Crippen molar-refractivity contribution in [2.75, 3.05) is 7.11 Å². The third-order valence-electron chi connectivity index (χ3n) is 4.86. The molecule has 1 atom stereocenters. The molecule has 0 bridgehead atoms. The molecule has 5 nitrogen and oxygen atoms in total. The number of aryl methyl sites for hydroxylation is 1. The molecule has 0 fully saturated rings. The van der Waals surface area contributed by atoms with E-state index in [1.54, 1.807) is 13.0 Å². The predicted molar refractivity (Wildman–Crippen MR) is 112 cm³/mol. The lowest BCUT2D eigenvalue weighted by Gasteiger charge is -2.29. The number of benzene rings is 2. The molecule has 164 valence electrons. The number of aliphatic imine (C=N–C) groups is 1. The van der Waals surface area contributed by atoms with Crippen LogP contribution < -0.4 is 0 Å². The molecule has 0 saturated carbocycles. The van der Waals surface area contributed by atoms with Crippen molar-refractivity contribution in [3.63, 3.8) is 0 Å². The van der Waals surface area contributed by atoms with Crippen LogP contribution in [-0.4, -0.2) is 30.8 Å². The predicted octanol–water partition coefficient (Wildman–Crippen LogP) is 6.09. The van der Waals surface area contributed by atoms with Crippen LogP contribution in [0.5, 0.6) is 0 Å². The molecule has 1 amide bonds. The monoisotopic (exact) mass is 472 g/mol. The maximum absolute atomic E-state index is 14.1. The van der Waals surface area contributed by atoms with Gasteiger partial charge in [0.05, 0.1) is 12.8 Å². The van der Waals surface area contributed by atoms with E-state index >= 15 is 0 Å². The molecule has 3 rings (SSSR count). The van der Waals surface area contributed by atoms with Crippen molar-refractivity contribution in [3.05, 3.63) is 68.7 Å². The van der Waals surface area contributed by atoms with E-state index in [4.69, 9.17) is 32.8 Å². The largest absolute Gasteiger partial charge is 0.484 e. The van der Waals surface area contributed by atoms with Gasteiger partial charge in [-0.2, -0.15) is 18.2 Å². The van der Waals surface area contributed by atoms with Gasteiger partial charge in [-0.1, -0.05) is 34.4 Å². The van der Waals surface area contributed by atoms with Crippen molar-refractivity contribution in [3.8, 4) is 0 Å². The second-order valence-electron chi connectivity index (χ2n) is 6.96. The van der Waals surface area contributed by atoms with Gasteiger partial charge in [0.1, 0.15) is 0 Å². The molecular formula is C21H17Cl2F3N2O3. The first-order valence-electron chi connectivity index (χ1n) is 9.00. The Morgan fingerprint density at radius 3 is 2.39 bits per heavy atom. The van der Waals surface area contributed by atoms with Gasteiger partial charge in [0, 0.05) is 34.5 Å². The fraction of sp³-hybridized carbons (Fsp3) is 0.286. The maximum Gasteiger partial charge on any atom is 0.435 e. The minimum absolute atomic E-state index is 0.0498. The Morgan fingerprint density at radius 2 is 1.84 bits per heavy atom. The standard InChI is InChI=1S/C21H17Cl2F3N2O3/c1-11-6-13(4-5-17(11)19(29)27-12(2)30-3)18-10-20(31-28-18,21(24,25)26)14-7-15(22)9-16(23)8-14/h4-9H,10H2,1-3H3. The Kier molecular flexibility index (Phi) is 6.34. The van der Waals surface area contributed by atoms with Gasteiger partial charge in [0.25, 0.3) is 11.5 Å². The molecule has 1 heterocycles. The number of rotatable bonds is 3. The van der Waals surface area contributed by atoms with E-state index in [2.05, 4.69) is 10.1 Å². The molecule has 2 aromatic rings. The number of halogens is 5. The maximum atomic E-state index is 14.1. The van der Waals surface area contributed by atoms with E-state index in [0.717, 1.165) is 12.1 Å². The molecular weight excluding hydrogens is 456 g/mol. The molecule has 31 heavy (non-hydrogen) atoms. The Balaban J connectivity index is 1.95. The molecule has 0 saturated heterocycles. The Morgan fingerprint density at radius 1 is 1.19 bits per heavy atom. The summed E-state index contributed by atoms with van der Waals surface area (Å²) in [4.78, 5) is 21.0. The summed E-state index contributed by atoms with van der Waals surface area (Å²) in [5, 5.41) is 3.82. The fourth-order valence-corrected chi connectivity index (χ4v) is 3.70. The third-order valence-corrected chi connectivity index (χ3v) is 5.30. The highest BCUT2D eigenvalue weighted by molar-refractivity contribution is 6.34. The van der Waals surface area contributed by atoms with Gasteiger partial charge in [0.2, 0.25) is 0 Å². The summed E-state index contributed by atoms with van der Waals surface area (Å²) in [5.74, 6) is -0.330. The Hall–Kier alpha value is -2.58. The highest BCUT2D eigenvalue weighted by Gasteiger charge is 2.62. The van der Waals surface area contributed by atoms with Crippen LogP contribution in [-0.2, 0) is 15.2 Å². The lowest BCUT2D eigenvalue weighted by molar-refractivity contribution is -0.275. The molecule has 0 N–H and O–H groups in total. The number of ether oxygens (including phenoxy) is 1. The zero-order valence-electron chi connectivity index (χ0n) is 16.7. The topological polar surface area (TPSA) is 60.2 Å². The van der Waals surface area contributed by atoms with Gasteiger partial charge in [-0.3, -0.25) is 4.79 Å². The van der Waals surface area contributed by atoms with Gasteiger partial charge in [-0.15, -0.1) is 0 Å². The van der Waals surface area contributed by atoms with Gasteiger partial charge >= 0.3 is 6.18 Å². The summed E-state index contributed by atoms with van der Waals surface area (Å²) in [5.41, 5.74) is -1.69. The average molecular weight is 473 g/mol. The van der Waals surface area contributed by atoms with Gasteiger partial charge < -0.3 is 9.57 Å². The molecule has 0 aromatic heterocycles. The number of alkyl halides is 3. The van der Waals surface area contributed by atoms with Gasteiger partial charge in [-0.05, 0) is 48.4 Å². The summed E-state index contributed by atoms with van der Waals surface area (Å²) < 4.78 is 47.2. The average Bonchev–Trinajstić information content (AvgIpc) is 3.13. The summed E-state index contributed by atoms with van der Waals surface area (Å²) in [7, 11) is 1.39. The van der Waals surface area contributed by atoms with Gasteiger partial charge in [-0.25, -0.2) is 0 Å². The highest BCUT2D eigenvalue weighted by atomic mass is 35.5. The first-order valence-corrected chi connectivity index (χ1v) is 9.75. The number of oxime groups is 1. The summed E-state index contributed by atoms with van der Waals surface area (Å²) in [6.07, 6.45) is -5.37. The molecule has 0 radical (unpaired) electrons. The Bertz CT molecular complexity index is 1080. The van der Waals surface area contributed by atoms with Crippen LogP contribution in [0.2, 0.25) is 10.0 Å². The molecule has 10 heteroatoms. The zero-order valence-corrected chi connectivity index (χ0v) is 18.2. The molecule has 0 aliphatic carbocycles. The number of carbonyl (C=O) groups is 1. The van der Waals surface area contributed by atoms with Crippen molar-refractivity contribution in [2.24, 2.45) is 10.1 Å². The van der Waals surface area contributed by atoms with Crippen LogP contribution in [0.15, 0.2) is 46.5 Å². The van der Waals surface area contributed by atoms with Crippen molar-refractivity contribution >= 4 is 40.7 Å². The zero-order chi connectivity index (χ0) is 23.0. The summed E-state index contributed by atoms with van der Waals surface area (Å²) >= 11 is 11.8. The lowest BCUT2D eigenvalue weighted by atomic mass is 9.86. The van der Waals surface area contributed by atoms with E-state index in [1.165, 1.54) is 32.2 Å². The number of amides is 1. The van der Waals surface area contributed by atoms with E-state index in [-0.39, 0.29) is 27.2 Å². The summed E-state index contributed by atoms with van der Waals surface area (Å²) in [6.45, 7) is 3.18. The Labute approximate surface area is 186 Å². The van der Waals surface area contributed by atoms with Crippen LogP contribution in [0.4, 0.5) is 13.2 Å². The van der Waals surface area contributed by atoms with E-state index in [1.807, 2.05) is 0 Å². The van der Waals surface area contributed by atoms with Crippen molar-refractivity contribution in [1.29, 1.82) is 0 Å². The second-order valence-corrected chi connectivity index (χ2v) is 7.83. The lowest BCUT2D eigenvalue weighted by Crippen LogP contribution is -2.42. The summed E-state index contributed by atoms with van der Waals surface area (Å²) in [6, 6.07) is 8.18. The van der Waals surface area contributed by atoms with E-state index in [9.17, 15) is 18.0 Å². The van der Waals surface area contributed by atoms with Crippen molar-refractivity contribution in [2.45, 2.75) is 32.0 Å². The number of methoxy groups -OCH3 is 1. The molecule has 1 unspecified atom stereocenters. The minimum Gasteiger partial charge on any atom is -0.484 e. The van der Waals surface area contributed by atoms with Crippen LogP contribution in [0.25, 0.3) is 0 Å². The normalized spacial score (nSPS) is 19.1. The third kappa shape index (κ3) is 4.55. The van der Waals surface area contributed by atoms with Crippen LogP contribution in [0, 0.1) is 6.92 Å². The second kappa shape index (κ2) is 8.51. The van der Waals surface area contributed by atoms with E-state index in [0.29, 0.717) is 16.7 Å². The number of hydrogen-bond acceptors (Lipinski definition) is 4. The van der Waals surface area contributed by atoms with Crippen LogP contribution in [0.3, 0.4) is 0 Å². The van der Waals surface area contributed by atoms with Crippen molar-refractivity contribution < 1.29 is 27.5 Å². The van der Waals surface area contributed by atoms with Crippen LogP contribution >= 0.6 is 23.2 Å². The number of carbonyl (C=O) groups excluding carboxylic acids is 1. The SMILES string of the molecule is COC(C)=NC(=O)c1ccc(C2=NOC(c3cc(Cl)cc(Cl)c3)(C(F)(F)F)C2)cc1C. The van der Waals surface area contributed by atoms with E-state index < -0.39 is 24.1 Å². The van der Waals surface area contributed by atoms with Gasteiger partial charge in [0.15, 0.2) is 5.90 Å². The quantitative estimate of drug-likeness (QED) is 0.401. The minimum atomic E-state index is -4.79. The van der Waals surface area contributed by atoms with Crippen molar-refractivity contribution in [1.82, 2.24) is 0 Å². The fourth-order valence-electron chi connectivity index (χ4n) is 3.18. The number of nitrogens with zero attached hydrogens (tertiary/aromatic N) is 2. The molecule has 1 aliphatic heterocycles. The molecule has 2 aromatic carbocycles. The molecule has 1 aliphatic rings. The smallest absolute Gasteiger partial charge is 0.435 e. The first-order chi connectivity index (χ1) is 14.5.